The maximum atomic E-state index is 5.54. The Balaban J connectivity index is 1.78. The van der Waals surface area contributed by atoms with Crippen LogP contribution in [0, 0.1) is 0 Å². The summed E-state index contributed by atoms with van der Waals surface area (Å²) < 4.78 is 12.5. The minimum atomic E-state index is 0.226. The molecular formula is C8H13N3O2. The second kappa shape index (κ2) is 3.76. The Morgan fingerprint density at radius 2 is 2.69 bits per heavy atom. The van der Waals surface area contributed by atoms with Crippen LogP contribution in [0.5, 0.6) is 0 Å². The number of hydrogen-bond donors (Lipinski definition) is 1. The maximum absolute atomic E-state index is 5.54. The second-order valence-electron chi connectivity index (χ2n) is 3.09. The summed E-state index contributed by atoms with van der Waals surface area (Å²) in [5.41, 5.74) is 5.45. The topological polar surface area (TPSA) is 62.3 Å². The average molecular weight is 183 g/mol. The minimum absolute atomic E-state index is 0.226. The van der Waals surface area contributed by atoms with Crippen LogP contribution in [0.1, 0.15) is 6.42 Å². The zero-order valence-corrected chi connectivity index (χ0v) is 7.35. The fourth-order valence-electron chi connectivity index (χ4n) is 1.28. The maximum Gasteiger partial charge on any atom is 0.141 e. The van der Waals surface area contributed by atoms with Gasteiger partial charge in [0.05, 0.1) is 19.0 Å². The molecule has 0 spiro atoms. The molecule has 2 heterocycles. The monoisotopic (exact) mass is 183 g/mol. The van der Waals surface area contributed by atoms with Crippen molar-refractivity contribution in [3.8, 4) is 0 Å². The normalized spacial score (nSPS) is 22.3. The first-order valence-electron chi connectivity index (χ1n) is 4.31. The highest BCUT2D eigenvalue weighted by Gasteiger charge is 2.15. The molecule has 1 aromatic rings. The van der Waals surface area contributed by atoms with Crippen molar-refractivity contribution in [2.45, 2.75) is 19.3 Å². The van der Waals surface area contributed by atoms with Gasteiger partial charge in [-0.05, 0) is 6.42 Å². The molecule has 5 heteroatoms. The predicted molar refractivity (Wildman–Crippen MR) is 46.9 cm³/mol. The largest absolute Gasteiger partial charge is 0.382 e. The van der Waals surface area contributed by atoms with Gasteiger partial charge in [-0.1, -0.05) is 0 Å². The summed E-state index contributed by atoms with van der Waals surface area (Å²) in [6, 6.07) is 0. The van der Waals surface area contributed by atoms with E-state index in [-0.39, 0.29) is 6.10 Å². The predicted octanol–water partition coefficient (Wildman–Crippen LogP) is 0.228. The van der Waals surface area contributed by atoms with E-state index in [4.69, 9.17) is 15.2 Å². The summed E-state index contributed by atoms with van der Waals surface area (Å²) >= 11 is 0. The van der Waals surface area contributed by atoms with Gasteiger partial charge in [0.1, 0.15) is 12.5 Å². The molecule has 1 aliphatic rings. The number of aromatic nitrogens is 2. The Kier molecular flexibility index (Phi) is 2.47. The lowest BCUT2D eigenvalue weighted by Crippen LogP contribution is -2.14. The molecule has 1 fully saturated rings. The van der Waals surface area contributed by atoms with Crippen LogP contribution in [0.4, 0.5) is 5.82 Å². The van der Waals surface area contributed by atoms with Crippen molar-refractivity contribution in [1.29, 1.82) is 0 Å². The van der Waals surface area contributed by atoms with E-state index in [1.165, 1.54) is 0 Å². The molecule has 0 aliphatic carbocycles. The smallest absolute Gasteiger partial charge is 0.141 e. The van der Waals surface area contributed by atoms with Crippen LogP contribution in [0.25, 0.3) is 0 Å². The van der Waals surface area contributed by atoms with Gasteiger partial charge in [0.15, 0.2) is 0 Å². The third kappa shape index (κ3) is 2.19. The van der Waals surface area contributed by atoms with Gasteiger partial charge in [-0.25, -0.2) is 4.98 Å². The highest BCUT2D eigenvalue weighted by molar-refractivity contribution is 5.22. The molecule has 0 amide bonds. The van der Waals surface area contributed by atoms with Crippen LogP contribution in [-0.4, -0.2) is 28.9 Å². The fourth-order valence-corrected chi connectivity index (χ4v) is 1.28. The van der Waals surface area contributed by atoms with Gasteiger partial charge in [0, 0.05) is 12.8 Å². The number of rotatable bonds is 3. The van der Waals surface area contributed by atoms with Gasteiger partial charge in [-0.2, -0.15) is 0 Å². The van der Waals surface area contributed by atoms with Gasteiger partial charge in [0.25, 0.3) is 0 Å². The van der Waals surface area contributed by atoms with Gasteiger partial charge in [-0.3, -0.25) is 0 Å². The average Bonchev–Trinajstić information content (AvgIpc) is 2.71. The summed E-state index contributed by atoms with van der Waals surface area (Å²) in [6.07, 6.45) is 4.61. The van der Waals surface area contributed by atoms with Crippen LogP contribution in [0.2, 0.25) is 0 Å². The minimum Gasteiger partial charge on any atom is -0.382 e. The highest BCUT2D eigenvalue weighted by Crippen LogP contribution is 2.09. The number of anilines is 1. The van der Waals surface area contributed by atoms with E-state index in [1.807, 2.05) is 4.57 Å². The zero-order valence-electron chi connectivity index (χ0n) is 7.35. The van der Waals surface area contributed by atoms with Crippen molar-refractivity contribution in [2.24, 2.45) is 0 Å². The van der Waals surface area contributed by atoms with Crippen molar-refractivity contribution in [3.05, 3.63) is 12.5 Å². The number of nitrogens with zero attached hydrogens (tertiary/aromatic N) is 2. The van der Waals surface area contributed by atoms with Crippen LogP contribution in [-0.2, 0) is 16.2 Å². The molecule has 2 rings (SSSR count). The number of hydrogen-bond acceptors (Lipinski definition) is 4. The molecule has 1 atom stereocenters. The van der Waals surface area contributed by atoms with E-state index < -0.39 is 0 Å². The van der Waals surface area contributed by atoms with E-state index >= 15 is 0 Å². The Bertz CT molecular complexity index is 268. The van der Waals surface area contributed by atoms with E-state index in [9.17, 15) is 0 Å². The summed E-state index contributed by atoms with van der Waals surface area (Å²) in [4.78, 5) is 3.89. The van der Waals surface area contributed by atoms with Crippen LogP contribution >= 0.6 is 0 Å². The van der Waals surface area contributed by atoms with Crippen molar-refractivity contribution >= 4 is 5.82 Å². The molecular weight excluding hydrogens is 170 g/mol. The lowest BCUT2D eigenvalue weighted by Gasteiger charge is -2.09. The summed E-state index contributed by atoms with van der Waals surface area (Å²) in [5.74, 6) is 0.520. The van der Waals surface area contributed by atoms with E-state index in [0.717, 1.165) is 13.0 Å². The van der Waals surface area contributed by atoms with Crippen molar-refractivity contribution in [3.63, 3.8) is 0 Å². The lowest BCUT2D eigenvalue weighted by molar-refractivity contribution is 0.00192. The first-order valence-corrected chi connectivity index (χ1v) is 4.31. The van der Waals surface area contributed by atoms with Crippen molar-refractivity contribution in [2.75, 3.05) is 18.9 Å². The molecule has 1 saturated heterocycles. The second-order valence-corrected chi connectivity index (χ2v) is 3.09. The zero-order chi connectivity index (χ0) is 9.10. The summed E-state index contributed by atoms with van der Waals surface area (Å²) in [6.45, 7) is 2.00. The molecule has 1 aromatic heterocycles. The molecule has 0 aromatic carbocycles. The summed E-state index contributed by atoms with van der Waals surface area (Å²) in [5, 5.41) is 0. The van der Waals surface area contributed by atoms with E-state index in [2.05, 4.69) is 4.98 Å². The first-order chi connectivity index (χ1) is 6.34. The Labute approximate surface area is 76.5 Å². The number of ether oxygens (including phenoxy) is 2. The standard InChI is InChI=1S/C8H13N3O2/c9-8-3-11(5-10-8)6-13-7-1-2-12-4-7/h3,5,7H,1-2,4,6,9H2. The van der Waals surface area contributed by atoms with Gasteiger partial charge < -0.3 is 19.8 Å². The quantitative estimate of drug-likeness (QED) is 0.728. The van der Waals surface area contributed by atoms with Crippen LogP contribution < -0.4 is 5.73 Å². The highest BCUT2D eigenvalue weighted by atomic mass is 16.5. The van der Waals surface area contributed by atoms with Crippen LogP contribution in [0.3, 0.4) is 0 Å². The Morgan fingerprint density at radius 3 is 3.31 bits per heavy atom. The fraction of sp³-hybridized carbons (Fsp3) is 0.625. The molecule has 2 N–H and O–H groups in total. The molecule has 0 bridgehead atoms. The number of nitrogen functional groups attached to an aromatic ring is 1. The SMILES string of the molecule is Nc1cn(COC2CCOC2)cn1. The van der Waals surface area contributed by atoms with Gasteiger partial charge >= 0.3 is 0 Å². The van der Waals surface area contributed by atoms with Crippen molar-refractivity contribution in [1.82, 2.24) is 9.55 Å². The van der Waals surface area contributed by atoms with Crippen molar-refractivity contribution < 1.29 is 9.47 Å². The molecule has 72 valence electrons. The molecule has 1 unspecified atom stereocenters. The number of nitrogens with two attached hydrogens (primary N) is 1. The molecule has 0 saturated carbocycles. The van der Waals surface area contributed by atoms with Gasteiger partial charge in [0.2, 0.25) is 0 Å². The Morgan fingerprint density at radius 1 is 1.77 bits per heavy atom. The third-order valence-corrected chi connectivity index (χ3v) is 2.00. The Hall–Kier alpha value is -1.07. The first kappa shape index (κ1) is 8.52. The molecule has 0 radical (unpaired) electrons. The summed E-state index contributed by atoms with van der Waals surface area (Å²) in [7, 11) is 0. The molecule has 13 heavy (non-hydrogen) atoms. The molecule has 1 aliphatic heterocycles. The van der Waals surface area contributed by atoms with E-state index in [0.29, 0.717) is 19.2 Å². The third-order valence-electron chi connectivity index (χ3n) is 2.00. The molecule has 5 nitrogen and oxygen atoms in total. The van der Waals surface area contributed by atoms with Crippen LogP contribution in [0.15, 0.2) is 12.5 Å². The van der Waals surface area contributed by atoms with E-state index in [1.54, 1.807) is 12.5 Å². The lowest BCUT2D eigenvalue weighted by atomic mass is 10.3. The van der Waals surface area contributed by atoms with Gasteiger partial charge in [-0.15, -0.1) is 0 Å². The number of imidazole rings is 1.